The number of nitrogens with zero attached hydrogens (tertiary/aromatic N) is 3. The maximum Gasteiger partial charge on any atom is 0.307 e. The minimum atomic E-state index is -0.699. The van der Waals surface area contributed by atoms with Gasteiger partial charge in [0.25, 0.3) is 0 Å². The summed E-state index contributed by atoms with van der Waals surface area (Å²) in [6.07, 6.45) is 1.67. The van der Waals surface area contributed by atoms with Crippen LogP contribution in [0.15, 0.2) is 72.8 Å². The first-order chi connectivity index (χ1) is 16.6. The number of carboxylic acid groups (broad SMARTS) is 1. The van der Waals surface area contributed by atoms with Crippen molar-refractivity contribution in [3.63, 3.8) is 0 Å². The van der Waals surface area contributed by atoms with E-state index in [0.717, 1.165) is 63.8 Å². The van der Waals surface area contributed by atoms with Crippen LogP contribution in [0.3, 0.4) is 0 Å². The highest BCUT2D eigenvalue weighted by atomic mass is 35.5. The van der Waals surface area contributed by atoms with E-state index in [1.165, 1.54) is 11.3 Å². The van der Waals surface area contributed by atoms with Crippen LogP contribution in [-0.4, -0.2) is 39.3 Å². The summed E-state index contributed by atoms with van der Waals surface area (Å²) in [5.74, 6) is -0.978. The third-order valence-corrected chi connectivity index (χ3v) is 7.59. The number of hydrogen-bond donors (Lipinski definition) is 1. The highest BCUT2D eigenvalue weighted by Gasteiger charge is 2.25. The standard InChI is InChI=1S/C27H24ClN3O2S/c28-24-22(19-8-2-1-3-9-19)12-5-13-23(24)26-30-29-25(34-26)20-10-4-7-18(15-20)16-31-14-6-11-21(17-31)27(32)33/h1-5,7-10,12-13,15,21H,6,11,14,16-17H2,(H,32,33)/t21-/m1/s1. The van der Waals surface area contributed by atoms with Gasteiger partial charge in [0, 0.05) is 29.8 Å². The average molecular weight is 490 g/mol. The molecule has 4 aromatic rings. The molecule has 0 spiro atoms. The molecular formula is C27H24ClN3O2S. The second-order valence-electron chi connectivity index (χ2n) is 8.56. The van der Waals surface area contributed by atoms with E-state index in [9.17, 15) is 9.90 Å². The van der Waals surface area contributed by atoms with Crippen molar-refractivity contribution in [2.45, 2.75) is 19.4 Å². The van der Waals surface area contributed by atoms with E-state index in [2.05, 4.69) is 27.2 Å². The SMILES string of the molecule is O=C(O)[C@@H]1CCCN(Cc2cccc(-c3nnc(-c4cccc(-c5ccccc5)c4Cl)s3)c2)C1. The number of piperidine rings is 1. The fraction of sp³-hybridized carbons (Fsp3) is 0.222. The molecule has 1 aliphatic rings. The molecule has 5 rings (SSSR count). The molecule has 2 heterocycles. The van der Waals surface area contributed by atoms with Gasteiger partial charge in [0.1, 0.15) is 10.0 Å². The molecule has 1 N–H and O–H groups in total. The highest BCUT2D eigenvalue weighted by Crippen LogP contribution is 2.39. The van der Waals surface area contributed by atoms with Crippen molar-refractivity contribution in [2.75, 3.05) is 13.1 Å². The zero-order chi connectivity index (χ0) is 23.5. The molecule has 0 saturated carbocycles. The van der Waals surface area contributed by atoms with Crippen LogP contribution in [-0.2, 0) is 11.3 Å². The molecule has 34 heavy (non-hydrogen) atoms. The quantitative estimate of drug-likeness (QED) is 0.335. The largest absolute Gasteiger partial charge is 0.481 e. The van der Waals surface area contributed by atoms with Gasteiger partial charge in [-0.3, -0.25) is 9.69 Å². The molecule has 0 unspecified atom stereocenters. The molecule has 0 radical (unpaired) electrons. The number of aliphatic carboxylic acids is 1. The Morgan fingerprint density at radius 2 is 1.71 bits per heavy atom. The number of likely N-dealkylation sites (tertiary alicyclic amines) is 1. The van der Waals surface area contributed by atoms with E-state index in [1.807, 2.05) is 60.7 Å². The van der Waals surface area contributed by atoms with Crippen LogP contribution in [0.1, 0.15) is 18.4 Å². The fourth-order valence-electron chi connectivity index (χ4n) is 4.45. The van der Waals surface area contributed by atoms with E-state index in [0.29, 0.717) is 11.6 Å². The van der Waals surface area contributed by atoms with Crippen LogP contribution in [0.4, 0.5) is 0 Å². The zero-order valence-electron chi connectivity index (χ0n) is 18.5. The van der Waals surface area contributed by atoms with Crippen LogP contribution in [0.2, 0.25) is 5.02 Å². The number of carboxylic acids is 1. The topological polar surface area (TPSA) is 66.3 Å². The number of aromatic nitrogens is 2. The molecule has 0 aliphatic carbocycles. The van der Waals surface area contributed by atoms with Crippen molar-refractivity contribution < 1.29 is 9.90 Å². The van der Waals surface area contributed by atoms with E-state index < -0.39 is 5.97 Å². The number of benzene rings is 3. The predicted molar refractivity (Wildman–Crippen MR) is 137 cm³/mol. The molecule has 1 atom stereocenters. The molecule has 1 aliphatic heterocycles. The Labute approximate surface area is 207 Å². The van der Waals surface area contributed by atoms with Gasteiger partial charge in [0.2, 0.25) is 0 Å². The van der Waals surface area contributed by atoms with Crippen molar-refractivity contribution in [1.29, 1.82) is 0 Å². The Morgan fingerprint density at radius 3 is 2.53 bits per heavy atom. The normalized spacial score (nSPS) is 16.4. The van der Waals surface area contributed by atoms with Crippen molar-refractivity contribution in [3.8, 4) is 32.3 Å². The van der Waals surface area contributed by atoms with Crippen LogP contribution in [0, 0.1) is 5.92 Å². The molecule has 5 nitrogen and oxygen atoms in total. The van der Waals surface area contributed by atoms with Gasteiger partial charge in [-0.25, -0.2) is 0 Å². The van der Waals surface area contributed by atoms with Crippen LogP contribution in [0.25, 0.3) is 32.3 Å². The van der Waals surface area contributed by atoms with E-state index >= 15 is 0 Å². The van der Waals surface area contributed by atoms with Crippen molar-refractivity contribution >= 4 is 28.9 Å². The van der Waals surface area contributed by atoms with Gasteiger partial charge in [0.15, 0.2) is 0 Å². The third kappa shape index (κ3) is 4.89. The highest BCUT2D eigenvalue weighted by molar-refractivity contribution is 7.18. The van der Waals surface area contributed by atoms with Crippen molar-refractivity contribution in [1.82, 2.24) is 15.1 Å². The van der Waals surface area contributed by atoms with Gasteiger partial charge >= 0.3 is 5.97 Å². The molecule has 0 bridgehead atoms. The second-order valence-corrected chi connectivity index (χ2v) is 9.91. The van der Waals surface area contributed by atoms with Crippen LogP contribution in [0.5, 0.6) is 0 Å². The summed E-state index contributed by atoms with van der Waals surface area (Å²) >= 11 is 8.31. The number of carbonyl (C=O) groups is 1. The Bertz CT molecular complexity index is 1310. The summed E-state index contributed by atoms with van der Waals surface area (Å²) in [6.45, 7) is 2.25. The maximum atomic E-state index is 11.4. The van der Waals surface area contributed by atoms with Crippen molar-refractivity contribution in [3.05, 3.63) is 83.4 Å². The summed E-state index contributed by atoms with van der Waals surface area (Å²) in [6, 6.07) is 24.3. The lowest BCUT2D eigenvalue weighted by molar-refractivity contribution is -0.143. The van der Waals surface area contributed by atoms with E-state index in [-0.39, 0.29) is 5.92 Å². The summed E-state index contributed by atoms with van der Waals surface area (Å²) in [5.41, 5.74) is 5.05. The minimum absolute atomic E-state index is 0.279. The summed E-state index contributed by atoms with van der Waals surface area (Å²) < 4.78 is 0. The smallest absolute Gasteiger partial charge is 0.307 e. The number of rotatable bonds is 6. The summed E-state index contributed by atoms with van der Waals surface area (Å²) in [4.78, 5) is 13.6. The van der Waals surface area contributed by atoms with E-state index in [1.54, 1.807) is 0 Å². The minimum Gasteiger partial charge on any atom is -0.481 e. The molecule has 3 aromatic carbocycles. The second kappa shape index (κ2) is 10.1. The fourth-order valence-corrected chi connectivity index (χ4v) is 5.70. The van der Waals surface area contributed by atoms with Gasteiger partial charge in [-0.05, 0) is 36.6 Å². The van der Waals surface area contributed by atoms with Gasteiger partial charge in [-0.1, -0.05) is 89.7 Å². The number of hydrogen-bond acceptors (Lipinski definition) is 5. The summed E-state index contributed by atoms with van der Waals surface area (Å²) in [7, 11) is 0. The molecule has 1 saturated heterocycles. The van der Waals surface area contributed by atoms with Gasteiger partial charge < -0.3 is 5.11 Å². The lowest BCUT2D eigenvalue weighted by atomic mass is 9.98. The molecule has 1 aromatic heterocycles. The lowest BCUT2D eigenvalue weighted by Gasteiger charge is -2.30. The van der Waals surface area contributed by atoms with Crippen LogP contribution >= 0.6 is 22.9 Å². The van der Waals surface area contributed by atoms with Gasteiger partial charge in [-0.15, -0.1) is 10.2 Å². The average Bonchev–Trinajstić information content (AvgIpc) is 3.35. The summed E-state index contributed by atoms with van der Waals surface area (Å²) in [5, 5.41) is 20.5. The first kappa shape index (κ1) is 22.7. The van der Waals surface area contributed by atoms with Crippen molar-refractivity contribution in [2.24, 2.45) is 5.92 Å². The Balaban J connectivity index is 1.37. The van der Waals surface area contributed by atoms with E-state index in [4.69, 9.17) is 11.6 Å². The predicted octanol–water partition coefficient (Wildman–Crippen LogP) is 6.49. The molecule has 0 amide bonds. The van der Waals surface area contributed by atoms with Crippen LogP contribution < -0.4 is 0 Å². The Kier molecular flexibility index (Phi) is 6.72. The lowest BCUT2D eigenvalue weighted by Crippen LogP contribution is -2.38. The maximum absolute atomic E-state index is 11.4. The first-order valence-electron chi connectivity index (χ1n) is 11.3. The Morgan fingerprint density at radius 1 is 0.971 bits per heavy atom. The zero-order valence-corrected chi connectivity index (χ0v) is 20.1. The first-order valence-corrected chi connectivity index (χ1v) is 12.5. The Hall–Kier alpha value is -3.06. The third-order valence-electron chi connectivity index (χ3n) is 6.17. The monoisotopic (exact) mass is 489 g/mol. The van der Waals surface area contributed by atoms with Gasteiger partial charge in [0.05, 0.1) is 10.9 Å². The molecular weight excluding hydrogens is 466 g/mol. The van der Waals surface area contributed by atoms with Gasteiger partial charge in [-0.2, -0.15) is 0 Å². The molecule has 7 heteroatoms. The number of halogens is 1. The molecule has 172 valence electrons. The molecule has 1 fully saturated rings.